The third-order valence-corrected chi connectivity index (χ3v) is 5.67. The van der Waals surface area contributed by atoms with Crippen LogP contribution in [-0.2, 0) is 4.79 Å². The zero-order chi connectivity index (χ0) is 18.8. The third kappa shape index (κ3) is 6.78. The number of guanidine groups is 1. The minimum atomic E-state index is 0.252. The summed E-state index contributed by atoms with van der Waals surface area (Å²) in [5, 5.41) is 6.85. The Morgan fingerprint density at radius 3 is 2.65 bits per heavy atom. The fourth-order valence-corrected chi connectivity index (χ4v) is 4.06. The van der Waals surface area contributed by atoms with E-state index < -0.39 is 0 Å². The Morgan fingerprint density at radius 1 is 1.19 bits per heavy atom. The Kier molecular flexibility index (Phi) is 9.23. The van der Waals surface area contributed by atoms with Crippen LogP contribution >= 0.6 is 0 Å². The number of carbonyl (C=O) groups excluding carboxylic acids is 1. The van der Waals surface area contributed by atoms with Gasteiger partial charge in [-0.2, -0.15) is 0 Å². The first kappa shape index (κ1) is 21.0. The lowest BCUT2D eigenvalue weighted by Gasteiger charge is -2.31. The Hall–Kier alpha value is -1.30. The molecule has 26 heavy (non-hydrogen) atoms. The Balaban J connectivity index is 1.71. The number of nitrogens with zero attached hydrogens (tertiary/aromatic N) is 3. The fourth-order valence-electron chi connectivity index (χ4n) is 4.06. The van der Waals surface area contributed by atoms with E-state index in [1.807, 2.05) is 11.8 Å². The minimum Gasteiger partial charge on any atom is -0.357 e. The molecule has 0 bridgehead atoms. The molecule has 6 nitrogen and oxygen atoms in total. The molecule has 1 aliphatic heterocycles. The molecule has 150 valence electrons. The van der Waals surface area contributed by atoms with Gasteiger partial charge in [-0.1, -0.05) is 26.2 Å². The molecule has 0 spiro atoms. The molecule has 1 amide bonds. The molecule has 1 saturated carbocycles. The van der Waals surface area contributed by atoms with Crippen LogP contribution in [-0.4, -0.2) is 73.5 Å². The highest BCUT2D eigenvalue weighted by Gasteiger charge is 2.25. The van der Waals surface area contributed by atoms with Crippen LogP contribution in [0, 0.1) is 0 Å². The Labute approximate surface area is 159 Å². The predicted molar refractivity (Wildman–Crippen MR) is 109 cm³/mol. The molecule has 1 atom stereocenters. The number of carbonyl (C=O) groups is 1. The molecule has 1 unspecified atom stereocenters. The molecule has 0 radical (unpaired) electrons. The summed E-state index contributed by atoms with van der Waals surface area (Å²) in [6.07, 6.45) is 9.60. The van der Waals surface area contributed by atoms with E-state index >= 15 is 0 Å². The van der Waals surface area contributed by atoms with Gasteiger partial charge in [-0.15, -0.1) is 0 Å². The fraction of sp³-hybridized carbons (Fsp3) is 0.900. The van der Waals surface area contributed by atoms with Gasteiger partial charge in [-0.3, -0.25) is 9.79 Å². The summed E-state index contributed by atoms with van der Waals surface area (Å²) in [7, 11) is 2.26. The molecular formula is C20H39N5O. The van der Waals surface area contributed by atoms with Gasteiger partial charge in [0, 0.05) is 44.7 Å². The first-order valence-corrected chi connectivity index (χ1v) is 10.7. The van der Waals surface area contributed by atoms with Crippen LogP contribution in [0.1, 0.15) is 65.2 Å². The average Bonchev–Trinajstić information content (AvgIpc) is 3.13. The van der Waals surface area contributed by atoms with Crippen molar-refractivity contribution in [1.29, 1.82) is 0 Å². The van der Waals surface area contributed by atoms with Crippen molar-refractivity contribution in [2.45, 2.75) is 77.3 Å². The van der Waals surface area contributed by atoms with Gasteiger partial charge < -0.3 is 20.4 Å². The summed E-state index contributed by atoms with van der Waals surface area (Å²) < 4.78 is 0. The second kappa shape index (κ2) is 11.4. The number of aliphatic imine (C=N–C) groups is 1. The van der Waals surface area contributed by atoms with E-state index in [0.29, 0.717) is 12.5 Å². The third-order valence-electron chi connectivity index (χ3n) is 5.67. The molecular weight excluding hydrogens is 326 g/mol. The summed E-state index contributed by atoms with van der Waals surface area (Å²) in [6.45, 7) is 8.50. The summed E-state index contributed by atoms with van der Waals surface area (Å²) in [4.78, 5) is 21.1. The smallest absolute Gasteiger partial charge is 0.222 e. The molecule has 2 rings (SSSR count). The van der Waals surface area contributed by atoms with Crippen molar-refractivity contribution >= 4 is 11.9 Å². The van der Waals surface area contributed by atoms with Gasteiger partial charge >= 0.3 is 0 Å². The number of rotatable bonds is 8. The number of likely N-dealkylation sites (tertiary alicyclic amines) is 1. The van der Waals surface area contributed by atoms with Crippen molar-refractivity contribution < 1.29 is 4.79 Å². The van der Waals surface area contributed by atoms with Gasteiger partial charge in [-0.05, 0) is 46.2 Å². The monoisotopic (exact) mass is 365 g/mol. The number of amides is 1. The summed E-state index contributed by atoms with van der Waals surface area (Å²) in [5.74, 6) is 1.14. The molecule has 2 aliphatic rings. The number of hydrogen-bond donors (Lipinski definition) is 2. The standard InChI is InChI=1S/C20H39N5O/c1-4-19(26)25-15-12-17(16-25)23-20(21-5-2)22-13-9-14-24(3)18-10-7-6-8-11-18/h17-18H,4-16H2,1-3H3,(H2,21,22,23). The van der Waals surface area contributed by atoms with E-state index in [2.05, 4.69) is 29.5 Å². The van der Waals surface area contributed by atoms with Crippen molar-refractivity contribution in [2.75, 3.05) is 39.8 Å². The lowest BCUT2D eigenvalue weighted by Crippen LogP contribution is -2.45. The van der Waals surface area contributed by atoms with Crippen LogP contribution < -0.4 is 10.6 Å². The maximum Gasteiger partial charge on any atom is 0.222 e. The molecule has 0 aromatic carbocycles. The number of nitrogens with one attached hydrogen (secondary N) is 2. The van der Waals surface area contributed by atoms with Crippen molar-refractivity contribution in [3.8, 4) is 0 Å². The van der Waals surface area contributed by atoms with E-state index in [1.54, 1.807) is 0 Å². The highest BCUT2D eigenvalue weighted by Crippen LogP contribution is 2.21. The van der Waals surface area contributed by atoms with Gasteiger partial charge in [0.05, 0.1) is 0 Å². The Morgan fingerprint density at radius 2 is 1.96 bits per heavy atom. The first-order valence-electron chi connectivity index (χ1n) is 10.7. The zero-order valence-corrected chi connectivity index (χ0v) is 17.1. The normalized spacial score (nSPS) is 22.1. The topological polar surface area (TPSA) is 60.0 Å². The van der Waals surface area contributed by atoms with Gasteiger partial charge in [-0.25, -0.2) is 0 Å². The van der Waals surface area contributed by atoms with E-state index in [-0.39, 0.29) is 5.91 Å². The molecule has 1 saturated heterocycles. The maximum atomic E-state index is 11.8. The van der Waals surface area contributed by atoms with E-state index in [4.69, 9.17) is 4.99 Å². The van der Waals surface area contributed by atoms with E-state index in [0.717, 1.165) is 57.6 Å². The molecule has 2 fully saturated rings. The lowest BCUT2D eigenvalue weighted by atomic mass is 9.94. The number of hydrogen-bond acceptors (Lipinski definition) is 3. The molecule has 0 aromatic rings. The molecule has 0 aromatic heterocycles. The lowest BCUT2D eigenvalue weighted by molar-refractivity contribution is -0.129. The quantitative estimate of drug-likeness (QED) is 0.393. The van der Waals surface area contributed by atoms with E-state index in [1.165, 1.54) is 32.1 Å². The minimum absolute atomic E-state index is 0.252. The predicted octanol–water partition coefficient (Wildman–Crippen LogP) is 2.21. The van der Waals surface area contributed by atoms with E-state index in [9.17, 15) is 4.79 Å². The van der Waals surface area contributed by atoms with Crippen LogP contribution in [0.3, 0.4) is 0 Å². The van der Waals surface area contributed by atoms with Crippen molar-refractivity contribution in [2.24, 2.45) is 4.99 Å². The molecule has 1 heterocycles. The van der Waals surface area contributed by atoms with Crippen molar-refractivity contribution in [3.05, 3.63) is 0 Å². The SMILES string of the molecule is CCNC(=NCCCN(C)C1CCCCC1)NC1CCN(C(=O)CC)C1. The van der Waals surface area contributed by atoms with Gasteiger partial charge in [0.25, 0.3) is 0 Å². The Bertz CT molecular complexity index is 447. The highest BCUT2D eigenvalue weighted by molar-refractivity contribution is 5.80. The van der Waals surface area contributed by atoms with Crippen molar-refractivity contribution in [1.82, 2.24) is 20.4 Å². The molecule has 6 heteroatoms. The van der Waals surface area contributed by atoms with Gasteiger partial charge in [0.2, 0.25) is 5.91 Å². The van der Waals surface area contributed by atoms with Gasteiger partial charge in [0.1, 0.15) is 0 Å². The van der Waals surface area contributed by atoms with Crippen molar-refractivity contribution in [3.63, 3.8) is 0 Å². The molecule has 1 aliphatic carbocycles. The summed E-state index contributed by atoms with van der Waals surface area (Å²) in [6, 6.07) is 1.09. The second-order valence-corrected chi connectivity index (χ2v) is 7.71. The van der Waals surface area contributed by atoms with Crippen LogP contribution in [0.15, 0.2) is 4.99 Å². The van der Waals surface area contributed by atoms with Crippen LogP contribution in [0.25, 0.3) is 0 Å². The largest absolute Gasteiger partial charge is 0.357 e. The van der Waals surface area contributed by atoms with Crippen LogP contribution in [0.2, 0.25) is 0 Å². The average molecular weight is 366 g/mol. The second-order valence-electron chi connectivity index (χ2n) is 7.71. The first-order chi connectivity index (χ1) is 12.6. The summed E-state index contributed by atoms with van der Waals surface area (Å²) >= 11 is 0. The van der Waals surface area contributed by atoms with Crippen LogP contribution in [0.4, 0.5) is 0 Å². The van der Waals surface area contributed by atoms with Crippen LogP contribution in [0.5, 0.6) is 0 Å². The van der Waals surface area contributed by atoms with Gasteiger partial charge in [0.15, 0.2) is 5.96 Å². The highest BCUT2D eigenvalue weighted by atomic mass is 16.2. The molecule has 2 N–H and O–H groups in total. The zero-order valence-electron chi connectivity index (χ0n) is 17.1. The maximum absolute atomic E-state index is 11.8. The summed E-state index contributed by atoms with van der Waals surface area (Å²) in [5.41, 5.74) is 0.